The van der Waals surface area contributed by atoms with E-state index in [0.717, 1.165) is 49.6 Å². The van der Waals surface area contributed by atoms with E-state index in [-0.39, 0.29) is 0 Å². The number of hydrogen-bond donors (Lipinski definition) is 0. The number of nitrogens with zero attached hydrogens (tertiary/aromatic N) is 5. The van der Waals surface area contributed by atoms with E-state index in [4.69, 9.17) is 9.72 Å². The number of methoxy groups -OCH3 is 1. The predicted octanol–water partition coefficient (Wildman–Crippen LogP) is 1.39. The summed E-state index contributed by atoms with van der Waals surface area (Å²) in [7, 11) is 3.67. The molecule has 1 aliphatic rings. The third-order valence-electron chi connectivity index (χ3n) is 4.16. The molecule has 0 bridgehead atoms. The van der Waals surface area contributed by atoms with Crippen LogP contribution in [0.4, 0.5) is 0 Å². The summed E-state index contributed by atoms with van der Waals surface area (Å²) in [5.41, 5.74) is 2.99. The zero-order chi connectivity index (χ0) is 15.4. The van der Waals surface area contributed by atoms with Crippen molar-refractivity contribution in [2.24, 2.45) is 13.0 Å². The average molecular weight is 301 g/mol. The van der Waals surface area contributed by atoms with Gasteiger partial charge in [0.05, 0.1) is 30.4 Å². The molecule has 0 saturated carbocycles. The van der Waals surface area contributed by atoms with Crippen molar-refractivity contribution in [2.75, 3.05) is 33.4 Å². The predicted molar refractivity (Wildman–Crippen MR) is 84.4 cm³/mol. The molecule has 1 saturated heterocycles. The van der Waals surface area contributed by atoms with Crippen LogP contribution in [0, 0.1) is 5.92 Å². The zero-order valence-corrected chi connectivity index (χ0v) is 13.3. The summed E-state index contributed by atoms with van der Waals surface area (Å²) < 4.78 is 6.94. The molecule has 6 heteroatoms. The smallest absolute Gasteiger partial charge is 0.0920 e. The summed E-state index contributed by atoms with van der Waals surface area (Å²) in [6.45, 7) is 4.11. The summed E-state index contributed by atoms with van der Waals surface area (Å²) in [5.74, 6) is 0.662. The third kappa shape index (κ3) is 3.69. The quantitative estimate of drug-likeness (QED) is 0.807. The Morgan fingerprint density at radius 2 is 2.23 bits per heavy atom. The van der Waals surface area contributed by atoms with Crippen molar-refractivity contribution in [3.8, 4) is 11.3 Å². The van der Waals surface area contributed by atoms with Crippen LogP contribution in [0.1, 0.15) is 12.1 Å². The van der Waals surface area contributed by atoms with E-state index in [2.05, 4.69) is 15.0 Å². The molecular formula is C16H23N5O. The minimum absolute atomic E-state index is 0.662. The van der Waals surface area contributed by atoms with E-state index < -0.39 is 0 Å². The fraction of sp³-hybridized carbons (Fsp3) is 0.562. The molecule has 2 aromatic rings. The SMILES string of the molecule is COCCN1CCC(Cc2cncc(-c3cnn(C)c3)n2)C1. The molecule has 0 aromatic carbocycles. The summed E-state index contributed by atoms with van der Waals surface area (Å²) in [5, 5.41) is 4.19. The molecule has 0 amide bonds. The van der Waals surface area contributed by atoms with Gasteiger partial charge in [-0.3, -0.25) is 9.67 Å². The van der Waals surface area contributed by atoms with Crippen molar-refractivity contribution in [3.05, 3.63) is 30.5 Å². The standard InChI is InChI=1S/C16H23N5O/c1-20-12-14(8-18-20)16-10-17-9-15(19-16)7-13-3-4-21(11-13)5-6-22-2/h8-10,12-13H,3-7,11H2,1-2H3. The van der Waals surface area contributed by atoms with Crippen LogP contribution in [0.5, 0.6) is 0 Å². The number of hydrogen-bond acceptors (Lipinski definition) is 5. The van der Waals surface area contributed by atoms with Crippen molar-refractivity contribution >= 4 is 0 Å². The second-order valence-corrected chi connectivity index (χ2v) is 5.95. The van der Waals surface area contributed by atoms with Crippen molar-refractivity contribution in [1.29, 1.82) is 0 Å². The molecule has 1 atom stereocenters. The molecule has 2 aromatic heterocycles. The van der Waals surface area contributed by atoms with E-state index in [1.54, 1.807) is 18.0 Å². The number of aryl methyl sites for hydroxylation is 1. The highest BCUT2D eigenvalue weighted by Crippen LogP contribution is 2.21. The average Bonchev–Trinajstić information content (AvgIpc) is 3.15. The molecule has 0 spiro atoms. The van der Waals surface area contributed by atoms with Gasteiger partial charge in [-0.05, 0) is 25.3 Å². The number of likely N-dealkylation sites (tertiary alicyclic amines) is 1. The van der Waals surface area contributed by atoms with Crippen LogP contribution in [0.2, 0.25) is 0 Å². The minimum Gasteiger partial charge on any atom is -0.383 e. The van der Waals surface area contributed by atoms with Gasteiger partial charge in [-0.2, -0.15) is 5.10 Å². The first-order valence-electron chi connectivity index (χ1n) is 7.76. The van der Waals surface area contributed by atoms with Crippen LogP contribution in [0.25, 0.3) is 11.3 Å². The molecule has 6 nitrogen and oxygen atoms in total. The Balaban J connectivity index is 1.62. The van der Waals surface area contributed by atoms with Crippen LogP contribution < -0.4 is 0 Å². The molecule has 118 valence electrons. The second kappa shape index (κ2) is 6.98. The van der Waals surface area contributed by atoms with Gasteiger partial charge < -0.3 is 9.64 Å². The van der Waals surface area contributed by atoms with E-state index in [9.17, 15) is 0 Å². The summed E-state index contributed by atoms with van der Waals surface area (Å²) in [4.78, 5) is 11.6. The first-order chi connectivity index (χ1) is 10.7. The molecule has 3 rings (SSSR count). The van der Waals surface area contributed by atoms with Crippen LogP contribution in [0.3, 0.4) is 0 Å². The Kier molecular flexibility index (Phi) is 4.80. The molecule has 1 unspecified atom stereocenters. The number of ether oxygens (including phenoxy) is 1. The van der Waals surface area contributed by atoms with Gasteiger partial charge in [0, 0.05) is 45.2 Å². The van der Waals surface area contributed by atoms with Crippen molar-refractivity contribution in [1.82, 2.24) is 24.6 Å². The van der Waals surface area contributed by atoms with Gasteiger partial charge in [-0.1, -0.05) is 0 Å². The summed E-state index contributed by atoms with van der Waals surface area (Å²) in [6.07, 6.45) is 9.70. The van der Waals surface area contributed by atoms with Gasteiger partial charge in [-0.15, -0.1) is 0 Å². The van der Waals surface area contributed by atoms with Crippen LogP contribution in [-0.4, -0.2) is 58.0 Å². The van der Waals surface area contributed by atoms with Gasteiger partial charge in [0.15, 0.2) is 0 Å². The third-order valence-corrected chi connectivity index (χ3v) is 4.16. The van der Waals surface area contributed by atoms with Gasteiger partial charge in [-0.25, -0.2) is 4.98 Å². The van der Waals surface area contributed by atoms with Gasteiger partial charge in [0.1, 0.15) is 0 Å². The number of aromatic nitrogens is 4. The van der Waals surface area contributed by atoms with Crippen molar-refractivity contribution in [3.63, 3.8) is 0 Å². The molecule has 1 aliphatic heterocycles. The Hall–Kier alpha value is -1.79. The Labute approximate surface area is 131 Å². The minimum atomic E-state index is 0.662. The summed E-state index contributed by atoms with van der Waals surface area (Å²) >= 11 is 0. The lowest BCUT2D eigenvalue weighted by molar-refractivity contribution is 0.159. The lowest BCUT2D eigenvalue weighted by Crippen LogP contribution is -2.25. The fourth-order valence-corrected chi connectivity index (χ4v) is 3.00. The van der Waals surface area contributed by atoms with Crippen molar-refractivity contribution < 1.29 is 4.74 Å². The topological polar surface area (TPSA) is 56.1 Å². The van der Waals surface area contributed by atoms with E-state index in [1.807, 2.05) is 25.6 Å². The fourth-order valence-electron chi connectivity index (χ4n) is 3.00. The highest BCUT2D eigenvalue weighted by molar-refractivity contribution is 5.55. The molecule has 0 N–H and O–H groups in total. The first-order valence-corrected chi connectivity index (χ1v) is 7.76. The van der Waals surface area contributed by atoms with E-state index in [1.165, 1.54) is 6.42 Å². The van der Waals surface area contributed by atoms with Gasteiger partial charge >= 0.3 is 0 Å². The monoisotopic (exact) mass is 301 g/mol. The van der Waals surface area contributed by atoms with Gasteiger partial charge in [0.2, 0.25) is 0 Å². The molecule has 22 heavy (non-hydrogen) atoms. The largest absolute Gasteiger partial charge is 0.383 e. The molecule has 1 fully saturated rings. The first kappa shape index (κ1) is 15.1. The summed E-state index contributed by atoms with van der Waals surface area (Å²) in [6, 6.07) is 0. The zero-order valence-electron chi connectivity index (χ0n) is 13.3. The maximum atomic E-state index is 5.15. The molecular weight excluding hydrogens is 278 g/mol. The second-order valence-electron chi connectivity index (χ2n) is 5.95. The van der Waals surface area contributed by atoms with Gasteiger partial charge in [0.25, 0.3) is 0 Å². The Morgan fingerprint density at radius 3 is 3.00 bits per heavy atom. The van der Waals surface area contributed by atoms with Crippen LogP contribution >= 0.6 is 0 Å². The maximum Gasteiger partial charge on any atom is 0.0920 e. The van der Waals surface area contributed by atoms with Crippen molar-refractivity contribution in [2.45, 2.75) is 12.8 Å². The molecule has 0 radical (unpaired) electrons. The lowest BCUT2D eigenvalue weighted by atomic mass is 10.0. The highest BCUT2D eigenvalue weighted by Gasteiger charge is 2.22. The molecule has 0 aliphatic carbocycles. The molecule has 3 heterocycles. The lowest BCUT2D eigenvalue weighted by Gasteiger charge is -2.15. The Bertz CT molecular complexity index is 612. The van der Waals surface area contributed by atoms with E-state index in [0.29, 0.717) is 5.92 Å². The van der Waals surface area contributed by atoms with E-state index >= 15 is 0 Å². The normalized spacial score (nSPS) is 18.9. The Morgan fingerprint density at radius 1 is 1.32 bits per heavy atom. The van der Waals surface area contributed by atoms with Crippen LogP contribution in [0.15, 0.2) is 24.8 Å². The maximum absolute atomic E-state index is 5.15. The van der Waals surface area contributed by atoms with Crippen LogP contribution in [-0.2, 0) is 18.2 Å². The highest BCUT2D eigenvalue weighted by atomic mass is 16.5. The number of rotatable bonds is 6.